The predicted molar refractivity (Wildman–Crippen MR) is 64.7 cm³/mol. The second-order valence-electron chi connectivity index (χ2n) is 4.43. The van der Waals surface area contributed by atoms with Gasteiger partial charge >= 0.3 is 5.97 Å². The lowest BCUT2D eigenvalue weighted by Crippen LogP contribution is -2.13. The molecule has 1 atom stereocenters. The Hall–Kier alpha value is -0.870. The zero-order chi connectivity index (χ0) is 11.5. The van der Waals surface area contributed by atoms with Crippen LogP contribution in [0, 0.1) is 0 Å². The fraction of sp³-hybridized carbons (Fsp3) is 0.583. The summed E-state index contributed by atoms with van der Waals surface area (Å²) in [7, 11) is 0. The van der Waals surface area contributed by atoms with Crippen LogP contribution in [0.25, 0.3) is 0 Å². The molecule has 3 nitrogen and oxygen atoms in total. The Bertz CT molecular complexity index is 369. The SMILES string of the molecule is NC(CC(=O)O)c1ccc(C2CCCC2)s1. The molecular weight excluding hydrogens is 222 g/mol. The molecule has 0 spiro atoms. The molecule has 2 rings (SSSR count). The molecule has 0 radical (unpaired) electrons. The zero-order valence-corrected chi connectivity index (χ0v) is 10.0. The fourth-order valence-corrected chi connectivity index (χ4v) is 3.47. The van der Waals surface area contributed by atoms with E-state index in [0.717, 1.165) is 4.88 Å². The van der Waals surface area contributed by atoms with Gasteiger partial charge in [0.1, 0.15) is 0 Å². The van der Waals surface area contributed by atoms with Crippen LogP contribution < -0.4 is 5.73 Å². The van der Waals surface area contributed by atoms with Crippen molar-refractivity contribution in [3.8, 4) is 0 Å². The van der Waals surface area contributed by atoms with Crippen LogP contribution >= 0.6 is 11.3 Å². The number of hydrogen-bond donors (Lipinski definition) is 2. The van der Waals surface area contributed by atoms with E-state index in [0.29, 0.717) is 5.92 Å². The molecule has 1 fully saturated rings. The van der Waals surface area contributed by atoms with Crippen LogP contribution in [-0.4, -0.2) is 11.1 Å². The first-order chi connectivity index (χ1) is 7.66. The number of aliphatic carboxylic acids is 1. The topological polar surface area (TPSA) is 63.3 Å². The minimum Gasteiger partial charge on any atom is -0.481 e. The van der Waals surface area contributed by atoms with E-state index in [4.69, 9.17) is 10.8 Å². The number of carbonyl (C=O) groups is 1. The van der Waals surface area contributed by atoms with E-state index in [-0.39, 0.29) is 12.5 Å². The molecule has 1 aromatic heterocycles. The number of nitrogens with two attached hydrogens (primary N) is 1. The number of carboxylic acids is 1. The summed E-state index contributed by atoms with van der Waals surface area (Å²) in [6.45, 7) is 0. The minimum atomic E-state index is -0.830. The van der Waals surface area contributed by atoms with Crippen LogP contribution in [0.3, 0.4) is 0 Å². The highest BCUT2D eigenvalue weighted by Crippen LogP contribution is 2.38. The van der Waals surface area contributed by atoms with Crippen molar-refractivity contribution in [1.29, 1.82) is 0 Å². The molecule has 0 saturated heterocycles. The van der Waals surface area contributed by atoms with Gasteiger partial charge in [-0.3, -0.25) is 4.79 Å². The van der Waals surface area contributed by atoms with Gasteiger partial charge in [0, 0.05) is 15.8 Å². The van der Waals surface area contributed by atoms with Gasteiger partial charge in [-0.05, 0) is 30.9 Å². The highest BCUT2D eigenvalue weighted by Gasteiger charge is 2.20. The largest absolute Gasteiger partial charge is 0.481 e. The summed E-state index contributed by atoms with van der Waals surface area (Å²) in [4.78, 5) is 13.0. The first kappa shape index (κ1) is 11.6. The molecule has 0 aliphatic heterocycles. The van der Waals surface area contributed by atoms with E-state index in [9.17, 15) is 4.79 Å². The fourth-order valence-electron chi connectivity index (χ4n) is 2.29. The first-order valence-corrected chi connectivity index (χ1v) is 6.55. The molecule has 1 unspecified atom stereocenters. The van der Waals surface area contributed by atoms with Crippen molar-refractivity contribution in [2.45, 2.75) is 44.1 Å². The van der Waals surface area contributed by atoms with Gasteiger partial charge in [0.25, 0.3) is 0 Å². The van der Waals surface area contributed by atoms with Crippen LogP contribution in [0.4, 0.5) is 0 Å². The molecule has 1 aromatic rings. The van der Waals surface area contributed by atoms with E-state index in [2.05, 4.69) is 6.07 Å². The third-order valence-corrected chi connectivity index (χ3v) is 4.54. The van der Waals surface area contributed by atoms with Crippen LogP contribution in [-0.2, 0) is 4.79 Å². The van der Waals surface area contributed by atoms with Crippen molar-refractivity contribution >= 4 is 17.3 Å². The summed E-state index contributed by atoms with van der Waals surface area (Å²) in [5.41, 5.74) is 5.84. The molecule has 16 heavy (non-hydrogen) atoms. The summed E-state index contributed by atoms with van der Waals surface area (Å²) < 4.78 is 0. The third-order valence-electron chi connectivity index (χ3n) is 3.17. The molecule has 1 aliphatic rings. The standard InChI is InChI=1S/C12H17NO2S/c13-9(7-12(14)15)11-6-5-10(16-11)8-3-1-2-4-8/h5-6,8-9H,1-4,7,13H2,(H,14,15). The number of thiophene rings is 1. The molecule has 4 heteroatoms. The monoisotopic (exact) mass is 239 g/mol. The molecule has 3 N–H and O–H groups in total. The van der Waals surface area contributed by atoms with E-state index in [1.165, 1.54) is 30.6 Å². The van der Waals surface area contributed by atoms with Gasteiger partial charge in [-0.15, -0.1) is 11.3 Å². The lowest BCUT2D eigenvalue weighted by molar-refractivity contribution is -0.137. The Morgan fingerprint density at radius 2 is 2.19 bits per heavy atom. The van der Waals surface area contributed by atoms with Gasteiger partial charge in [-0.1, -0.05) is 12.8 Å². The van der Waals surface area contributed by atoms with Crippen molar-refractivity contribution in [1.82, 2.24) is 0 Å². The molecule has 88 valence electrons. The summed E-state index contributed by atoms with van der Waals surface area (Å²) in [5.74, 6) is -0.140. The second-order valence-corrected chi connectivity index (χ2v) is 5.57. The van der Waals surface area contributed by atoms with Crippen LogP contribution in [0.2, 0.25) is 0 Å². The van der Waals surface area contributed by atoms with Gasteiger partial charge in [0.05, 0.1) is 6.42 Å². The lowest BCUT2D eigenvalue weighted by Gasteiger charge is -2.07. The summed E-state index contributed by atoms with van der Waals surface area (Å²) in [5, 5.41) is 8.69. The highest BCUT2D eigenvalue weighted by atomic mass is 32.1. The van der Waals surface area contributed by atoms with Crippen LogP contribution in [0.1, 0.15) is 53.8 Å². The molecule has 1 aliphatic carbocycles. The lowest BCUT2D eigenvalue weighted by atomic mass is 10.1. The molecule has 0 aromatic carbocycles. The third kappa shape index (κ3) is 2.62. The maximum Gasteiger partial charge on any atom is 0.305 e. The summed E-state index contributed by atoms with van der Waals surface area (Å²) in [6, 6.07) is 3.77. The number of hydrogen-bond acceptors (Lipinski definition) is 3. The smallest absolute Gasteiger partial charge is 0.305 e. The molecule has 1 saturated carbocycles. The number of rotatable bonds is 4. The molecular formula is C12H17NO2S. The van der Waals surface area contributed by atoms with Gasteiger partial charge < -0.3 is 10.8 Å². The Morgan fingerprint density at radius 1 is 1.50 bits per heavy atom. The molecule has 0 amide bonds. The van der Waals surface area contributed by atoms with Crippen molar-refractivity contribution in [3.63, 3.8) is 0 Å². The zero-order valence-electron chi connectivity index (χ0n) is 9.19. The summed E-state index contributed by atoms with van der Waals surface area (Å²) >= 11 is 1.69. The van der Waals surface area contributed by atoms with Gasteiger partial charge in [0.15, 0.2) is 0 Å². The van der Waals surface area contributed by atoms with Crippen molar-refractivity contribution in [2.24, 2.45) is 5.73 Å². The van der Waals surface area contributed by atoms with E-state index in [1.54, 1.807) is 11.3 Å². The molecule has 1 heterocycles. The second kappa shape index (κ2) is 4.97. The first-order valence-electron chi connectivity index (χ1n) is 5.74. The average Bonchev–Trinajstić information content (AvgIpc) is 2.87. The minimum absolute atomic E-state index is 0.0185. The maximum atomic E-state index is 10.6. The highest BCUT2D eigenvalue weighted by molar-refractivity contribution is 7.12. The van der Waals surface area contributed by atoms with Gasteiger partial charge in [-0.2, -0.15) is 0 Å². The van der Waals surface area contributed by atoms with E-state index >= 15 is 0 Å². The van der Waals surface area contributed by atoms with Gasteiger partial charge in [-0.25, -0.2) is 0 Å². The normalized spacial score (nSPS) is 18.8. The Labute approximate surface area is 99.3 Å². The van der Waals surface area contributed by atoms with Crippen molar-refractivity contribution < 1.29 is 9.90 Å². The predicted octanol–water partition coefficient (Wildman–Crippen LogP) is 2.88. The van der Waals surface area contributed by atoms with Crippen molar-refractivity contribution in [2.75, 3.05) is 0 Å². The Balaban J connectivity index is 2.03. The average molecular weight is 239 g/mol. The molecule has 0 bridgehead atoms. The quantitative estimate of drug-likeness (QED) is 0.849. The summed E-state index contributed by atoms with van der Waals surface area (Å²) in [6.07, 6.45) is 5.20. The van der Waals surface area contributed by atoms with E-state index < -0.39 is 5.97 Å². The Kier molecular flexibility index (Phi) is 3.61. The van der Waals surface area contributed by atoms with Crippen LogP contribution in [0.5, 0.6) is 0 Å². The van der Waals surface area contributed by atoms with E-state index in [1.807, 2.05) is 6.07 Å². The maximum absolute atomic E-state index is 10.6. The van der Waals surface area contributed by atoms with Crippen LogP contribution in [0.15, 0.2) is 12.1 Å². The van der Waals surface area contributed by atoms with Gasteiger partial charge in [0.2, 0.25) is 0 Å². The van der Waals surface area contributed by atoms with Crippen molar-refractivity contribution in [3.05, 3.63) is 21.9 Å². The number of carboxylic acid groups (broad SMARTS) is 1. The Morgan fingerprint density at radius 3 is 2.81 bits per heavy atom.